The van der Waals surface area contributed by atoms with Crippen molar-refractivity contribution in [2.45, 2.75) is 56.8 Å². The first-order valence-electron chi connectivity index (χ1n) is 15.2. The van der Waals surface area contributed by atoms with E-state index in [2.05, 4.69) is 15.3 Å². The summed E-state index contributed by atoms with van der Waals surface area (Å²) in [7, 11) is 1.54. The molecule has 3 amide bonds. The zero-order valence-corrected chi connectivity index (χ0v) is 25.9. The number of hydrogen-bond donors (Lipinski definition) is 2. The number of aliphatic hydroxyl groups is 1. The number of esters is 1. The van der Waals surface area contributed by atoms with E-state index in [0.717, 1.165) is 15.9 Å². The van der Waals surface area contributed by atoms with Crippen molar-refractivity contribution in [2.75, 3.05) is 41.5 Å². The van der Waals surface area contributed by atoms with Crippen LogP contribution in [0.4, 0.5) is 39.5 Å². The van der Waals surface area contributed by atoms with E-state index in [1.807, 2.05) is 0 Å². The van der Waals surface area contributed by atoms with Gasteiger partial charge in [0.05, 0.1) is 30.7 Å². The Balaban J connectivity index is 1.21. The summed E-state index contributed by atoms with van der Waals surface area (Å²) < 4.78 is 66.8. The van der Waals surface area contributed by atoms with E-state index in [1.165, 1.54) is 49.6 Å². The molecule has 2 aromatic heterocycles. The van der Waals surface area contributed by atoms with E-state index in [4.69, 9.17) is 9.47 Å². The SMILES string of the molecule is Cc1cc(N2CCOC[C@@H]2C(F)(F)F)cc(F)c1C(=O)N[C@@H](Cc1ccc(N2C(=O)N(C)c3cnccc3C2O)nc1)C(=O)OC1CC1. The number of carbonyl (C=O) groups is 3. The average molecular weight is 673 g/mol. The molecule has 16 heteroatoms. The van der Waals surface area contributed by atoms with E-state index in [-0.39, 0.29) is 42.7 Å². The van der Waals surface area contributed by atoms with Crippen molar-refractivity contribution >= 4 is 35.1 Å². The number of aryl methyl sites for hydroxylation is 1. The standard InChI is InChI=1S/C32H32F4N6O6/c1-17-11-19(41-9-10-47-16-25(41)32(34,35)36)13-22(33)27(17)28(43)39-23(30(45)48-20-4-5-20)12-18-3-6-26(38-14-18)42-29(44)21-7-8-37-15-24(21)40(2)31(42)46/h3,6-8,11,13-15,20,23,25,29,44H,4-5,9-10,12,16H2,1-2H3,(H,39,43)/t23-,25+,29?/m0/s1. The first-order chi connectivity index (χ1) is 22.8. The number of aliphatic hydroxyl groups excluding tert-OH is 1. The third-order valence-electron chi connectivity index (χ3n) is 8.44. The molecule has 3 atom stereocenters. The molecule has 48 heavy (non-hydrogen) atoms. The molecule has 0 radical (unpaired) electrons. The third kappa shape index (κ3) is 6.62. The number of aromatic nitrogens is 2. The van der Waals surface area contributed by atoms with Gasteiger partial charge in [-0.25, -0.2) is 23.9 Å². The molecule has 2 fully saturated rings. The Morgan fingerprint density at radius 3 is 2.62 bits per heavy atom. The summed E-state index contributed by atoms with van der Waals surface area (Å²) in [5.74, 6) is -2.63. The Labute approximate surface area is 272 Å². The molecule has 3 aromatic rings. The minimum absolute atomic E-state index is 0.0216. The van der Waals surface area contributed by atoms with Crippen LogP contribution < -0.4 is 20.0 Å². The number of pyridine rings is 2. The molecule has 0 bridgehead atoms. The highest BCUT2D eigenvalue weighted by Crippen LogP contribution is 2.36. The number of amides is 3. The average Bonchev–Trinajstić information content (AvgIpc) is 3.87. The number of carbonyl (C=O) groups excluding carboxylic acids is 3. The highest BCUT2D eigenvalue weighted by Gasteiger charge is 2.46. The fourth-order valence-electron chi connectivity index (χ4n) is 5.76. The molecule has 1 saturated carbocycles. The fraction of sp³-hybridized carbons (Fsp3) is 0.406. The Morgan fingerprint density at radius 2 is 1.96 bits per heavy atom. The molecule has 1 aliphatic carbocycles. The second-order valence-electron chi connectivity index (χ2n) is 11.9. The molecule has 6 rings (SSSR count). The Morgan fingerprint density at radius 1 is 1.19 bits per heavy atom. The smallest absolute Gasteiger partial charge is 0.411 e. The van der Waals surface area contributed by atoms with Gasteiger partial charge in [-0.2, -0.15) is 13.2 Å². The number of anilines is 3. The molecule has 12 nitrogen and oxygen atoms in total. The summed E-state index contributed by atoms with van der Waals surface area (Å²) in [6.45, 7) is 0.689. The number of rotatable bonds is 8. The number of nitrogens with zero attached hydrogens (tertiary/aromatic N) is 5. The number of urea groups is 1. The number of benzene rings is 1. The molecule has 254 valence electrons. The Bertz CT molecular complexity index is 1700. The number of alkyl halides is 3. The van der Waals surface area contributed by atoms with Gasteiger partial charge in [0.1, 0.15) is 29.8 Å². The first-order valence-corrected chi connectivity index (χ1v) is 15.2. The van der Waals surface area contributed by atoms with Crippen molar-refractivity contribution < 1.29 is 46.5 Å². The Hall–Kier alpha value is -4.83. The molecule has 2 N–H and O–H groups in total. The zero-order valence-electron chi connectivity index (χ0n) is 25.9. The van der Waals surface area contributed by atoms with Crippen LogP contribution in [0.5, 0.6) is 0 Å². The van der Waals surface area contributed by atoms with Gasteiger partial charge in [-0.15, -0.1) is 0 Å². The van der Waals surface area contributed by atoms with Crippen LogP contribution in [0, 0.1) is 12.7 Å². The van der Waals surface area contributed by atoms with Crippen molar-refractivity contribution in [3.63, 3.8) is 0 Å². The largest absolute Gasteiger partial charge is 0.461 e. The minimum Gasteiger partial charge on any atom is -0.461 e. The lowest BCUT2D eigenvalue weighted by Gasteiger charge is -2.38. The minimum atomic E-state index is -4.62. The number of morpholine rings is 1. The summed E-state index contributed by atoms with van der Waals surface area (Å²) in [4.78, 5) is 51.3. The van der Waals surface area contributed by atoms with Gasteiger partial charge >= 0.3 is 18.2 Å². The van der Waals surface area contributed by atoms with Gasteiger partial charge in [-0.1, -0.05) is 6.07 Å². The van der Waals surface area contributed by atoms with Gasteiger partial charge in [-0.05, 0) is 55.2 Å². The molecular weight excluding hydrogens is 640 g/mol. The molecule has 1 aromatic carbocycles. The van der Waals surface area contributed by atoms with Crippen molar-refractivity contribution in [1.82, 2.24) is 15.3 Å². The highest BCUT2D eigenvalue weighted by molar-refractivity contribution is 6.05. The van der Waals surface area contributed by atoms with Crippen molar-refractivity contribution in [3.05, 3.63) is 77.0 Å². The normalized spacial score (nSPS) is 20.3. The highest BCUT2D eigenvalue weighted by atomic mass is 19.4. The van der Waals surface area contributed by atoms with Gasteiger partial charge in [0.25, 0.3) is 5.91 Å². The lowest BCUT2D eigenvalue weighted by atomic mass is 10.0. The molecule has 0 spiro atoms. The number of ether oxygens (including phenoxy) is 2. The van der Waals surface area contributed by atoms with E-state index < -0.39 is 60.4 Å². The van der Waals surface area contributed by atoms with Gasteiger partial charge in [0, 0.05) is 43.7 Å². The summed E-state index contributed by atoms with van der Waals surface area (Å²) in [5, 5.41) is 13.5. The van der Waals surface area contributed by atoms with E-state index >= 15 is 4.39 Å². The predicted molar refractivity (Wildman–Crippen MR) is 163 cm³/mol. The molecule has 4 heterocycles. The predicted octanol–water partition coefficient (Wildman–Crippen LogP) is 3.81. The second-order valence-corrected chi connectivity index (χ2v) is 11.9. The molecule has 1 saturated heterocycles. The van der Waals surface area contributed by atoms with Crippen LogP contribution in [-0.4, -0.2) is 84.2 Å². The summed E-state index contributed by atoms with van der Waals surface area (Å²) in [5.41, 5.74) is 0.944. The Kier molecular flexibility index (Phi) is 8.96. The lowest BCUT2D eigenvalue weighted by Crippen LogP contribution is -2.53. The summed E-state index contributed by atoms with van der Waals surface area (Å²) >= 11 is 0. The van der Waals surface area contributed by atoms with E-state index in [9.17, 15) is 32.7 Å². The topological polar surface area (TPSA) is 137 Å². The molecule has 3 aliphatic rings. The number of halogens is 4. The van der Waals surface area contributed by atoms with E-state index in [1.54, 1.807) is 12.1 Å². The number of fused-ring (bicyclic) bond motifs is 1. The van der Waals surface area contributed by atoms with Crippen molar-refractivity contribution in [1.29, 1.82) is 0 Å². The van der Waals surface area contributed by atoms with Crippen LogP contribution >= 0.6 is 0 Å². The van der Waals surface area contributed by atoms with Crippen LogP contribution in [0.1, 0.15) is 46.1 Å². The monoisotopic (exact) mass is 672 g/mol. The van der Waals surface area contributed by atoms with Gasteiger partial charge in [0.15, 0.2) is 6.23 Å². The second kappa shape index (κ2) is 13.0. The maximum absolute atomic E-state index is 15.5. The van der Waals surface area contributed by atoms with E-state index in [0.29, 0.717) is 29.7 Å². The quantitative estimate of drug-likeness (QED) is 0.271. The molecule has 2 aliphatic heterocycles. The number of nitrogens with one attached hydrogen (secondary N) is 1. The zero-order chi connectivity index (χ0) is 34.3. The summed E-state index contributed by atoms with van der Waals surface area (Å²) in [6.07, 6.45) is -0.707. The van der Waals surface area contributed by atoms with Gasteiger partial charge < -0.3 is 24.8 Å². The fourth-order valence-corrected chi connectivity index (χ4v) is 5.76. The van der Waals surface area contributed by atoms with Crippen LogP contribution in [0.25, 0.3) is 0 Å². The maximum Gasteiger partial charge on any atom is 0.411 e. The van der Waals surface area contributed by atoms with Crippen molar-refractivity contribution in [2.24, 2.45) is 0 Å². The number of hydrogen-bond acceptors (Lipinski definition) is 9. The van der Waals surface area contributed by atoms with Gasteiger partial charge in [-0.3, -0.25) is 14.7 Å². The van der Waals surface area contributed by atoms with Crippen LogP contribution in [-0.2, 0) is 20.7 Å². The van der Waals surface area contributed by atoms with Crippen LogP contribution in [0.2, 0.25) is 0 Å². The molecular formula is C32H32F4N6O6. The third-order valence-corrected chi connectivity index (χ3v) is 8.44. The lowest BCUT2D eigenvalue weighted by molar-refractivity contribution is -0.167. The van der Waals surface area contributed by atoms with Crippen LogP contribution in [0.3, 0.4) is 0 Å². The van der Waals surface area contributed by atoms with Gasteiger partial charge in [0.2, 0.25) is 0 Å². The van der Waals surface area contributed by atoms with Crippen LogP contribution in [0.15, 0.2) is 48.9 Å². The maximum atomic E-state index is 15.5. The first kappa shape index (κ1) is 33.1. The van der Waals surface area contributed by atoms with Crippen molar-refractivity contribution in [3.8, 4) is 0 Å². The summed E-state index contributed by atoms with van der Waals surface area (Å²) in [6, 6.07) is 3.00. The molecule has 1 unspecified atom stereocenters.